The predicted octanol–water partition coefficient (Wildman–Crippen LogP) is 3.52. The zero-order valence-electron chi connectivity index (χ0n) is 13.3. The second-order valence-electron chi connectivity index (χ2n) is 6.80. The minimum absolute atomic E-state index is 0.0325. The Morgan fingerprint density at radius 1 is 1.20 bits per heavy atom. The predicted molar refractivity (Wildman–Crippen MR) is 89.6 cm³/mol. The van der Waals surface area contributed by atoms with Gasteiger partial charge in [0, 0.05) is 17.1 Å². The molecule has 20 heavy (non-hydrogen) atoms. The van der Waals surface area contributed by atoms with Gasteiger partial charge in [0.2, 0.25) is 0 Å². The Balaban J connectivity index is 2.25. The molecule has 0 aliphatic carbocycles. The average Bonchev–Trinajstić information content (AvgIpc) is 2.38. The lowest BCUT2D eigenvalue weighted by Gasteiger charge is -2.56. The van der Waals surface area contributed by atoms with Gasteiger partial charge in [0.05, 0.1) is 12.5 Å². The smallest absolute Gasteiger partial charge is 0.125 e. The van der Waals surface area contributed by atoms with E-state index >= 15 is 0 Å². The van der Waals surface area contributed by atoms with Crippen LogP contribution < -0.4 is 10.6 Å². The molecule has 3 nitrogen and oxygen atoms in total. The molecule has 112 valence electrons. The Labute approximate surface area is 127 Å². The number of hydrogen-bond donors (Lipinski definition) is 1. The first-order chi connectivity index (χ1) is 9.25. The van der Waals surface area contributed by atoms with E-state index in [-0.39, 0.29) is 10.4 Å². The number of rotatable bonds is 2. The first kappa shape index (κ1) is 15.7. The SMILES string of the molecule is CC(C)N1CN(c2ccccc2)CSC1(N)C(C)(C)C. The summed E-state index contributed by atoms with van der Waals surface area (Å²) in [4.78, 5) is 4.47. The molecule has 1 aliphatic heterocycles. The van der Waals surface area contributed by atoms with E-state index in [2.05, 4.69) is 74.8 Å². The number of nitrogens with zero attached hydrogens (tertiary/aromatic N) is 2. The van der Waals surface area contributed by atoms with Crippen LogP contribution in [0.25, 0.3) is 0 Å². The van der Waals surface area contributed by atoms with Crippen LogP contribution in [0.15, 0.2) is 30.3 Å². The molecule has 2 rings (SSSR count). The molecule has 1 aromatic carbocycles. The van der Waals surface area contributed by atoms with Crippen molar-refractivity contribution < 1.29 is 0 Å². The molecule has 1 saturated heterocycles. The summed E-state index contributed by atoms with van der Waals surface area (Å²) in [6, 6.07) is 11.0. The summed E-state index contributed by atoms with van der Waals surface area (Å²) in [6.45, 7) is 12.0. The first-order valence-corrected chi connectivity index (χ1v) is 8.24. The van der Waals surface area contributed by atoms with Gasteiger partial charge in [0.25, 0.3) is 0 Å². The van der Waals surface area contributed by atoms with Gasteiger partial charge in [-0.15, -0.1) is 11.8 Å². The lowest BCUT2D eigenvalue weighted by Crippen LogP contribution is -2.68. The minimum atomic E-state index is -0.327. The number of benzene rings is 1. The topological polar surface area (TPSA) is 32.5 Å². The van der Waals surface area contributed by atoms with E-state index in [1.54, 1.807) is 0 Å². The van der Waals surface area contributed by atoms with Crippen LogP contribution in [0.4, 0.5) is 5.69 Å². The van der Waals surface area contributed by atoms with Gasteiger partial charge < -0.3 is 10.6 Å². The van der Waals surface area contributed by atoms with Crippen molar-refractivity contribution in [3.63, 3.8) is 0 Å². The highest BCUT2D eigenvalue weighted by Gasteiger charge is 2.48. The van der Waals surface area contributed by atoms with E-state index < -0.39 is 0 Å². The lowest BCUT2D eigenvalue weighted by atomic mass is 9.90. The second-order valence-corrected chi connectivity index (χ2v) is 7.97. The van der Waals surface area contributed by atoms with Gasteiger partial charge in [-0.3, -0.25) is 4.90 Å². The van der Waals surface area contributed by atoms with Crippen LogP contribution in [-0.2, 0) is 0 Å². The van der Waals surface area contributed by atoms with E-state index in [4.69, 9.17) is 5.73 Å². The quantitative estimate of drug-likeness (QED) is 0.904. The average molecular weight is 293 g/mol. The molecule has 0 aromatic heterocycles. The zero-order valence-corrected chi connectivity index (χ0v) is 14.1. The molecule has 0 amide bonds. The van der Waals surface area contributed by atoms with E-state index in [0.29, 0.717) is 6.04 Å². The summed E-state index contributed by atoms with van der Waals surface area (Å²) in [5.41, 5.74) is 8.08. The second kappa shape index (κ2) is 5.58. The highest BCUT2D eigenvalue weighted by atomic mass is 32.2. The van der Waals surface area contributed by atoms with Crippen LogP contribution in [0.2, 0.25) is 0 Å². The molecule has 1 fully saturated rings. The Morgan fingerprint density at radius 3 is 2.30 bits per heavy atom. The van der Waals surface area contributed by atoms with Crippen LogP contribution in [0.1, 0.15) is 34.6 Å². The van der Waals surface area contributed by atoms with E-state index in [1.807, 2.05) is 11.8 Å². The molecule has 0 spiro atoms. The monoisotopic (exact) mass is 293 g/mol. The van der Waals surface area contributed by atoms with E-state index in [1.165, 1.54) is 5.69 Å². The van der Waals surface area contributed by atoms with E-state index in [9.17, 15) is 0 Å². The van der Waals surface area contributed by atoms with Gasteiger partial charge in [-0.2, -0.15) is 0 Å². The Morgan fingerprint density at radius 2 is 1.80 bits per heavy atom. The first-order valence-electron chi connectivity index (χ1n) is 7.25. The van der Waals surface area contributed by atoms with Crippen molar-refractivity contribution in [1.82, 2.24) is 4.90 Å². The normalized spacial score (nSPS) is 25.2. The summed E-state index contributed by atoms with van der Waals surface area (Å²) in [7, 11) is 0. The summed E-state index contributed by atoms with van der Waals surface area (Å²) in [5.74, 6) is 0.932. The summed E-state index contributed by atoms with van der Waals surface area (Å²) in [5, 5.41) is 0. The molecule has 1 atom stereocenters. The number of anilines is 1. The number of hydrogen-bond acceptors (Lipinski definition) is 4. The van der Waals surface area contributed by atoms with Gasteiger partial charge in [-0.25, -0.2) is 0 Å². The molecular weight excluding hydrogens is 266 g/mol. The van der Waals surface area contributed by atoms with Gasteiger partial charge in [0.1, 0.15) is 4.99 Å². The molecule has 1 aromatic rings. The lowest BCUT2D eigenvalue weighted by molar-refractivity contribution is 0.0421. The largest absolute Gasteiger partial charge is 0.349 e. The minimum Gasteiger partial charge on any atom is -0.349 e. The van der Waals surface area contributed by atoms with Crippen molar-refractivity contribution >= 4 is 17.4 Å². The molecular formula is C16H27N3S. The highest BCUT2D eigenvalue weighted by Crippen LogP contribution is 2.45. The molecule has 0 bridgehead atoms. The zero-order chi connectivity index (χ0) is 15.0. The maximum absolute atomic E-state index is 6.78. The Bertz CT molecular complexity index is 441. The number of para-hydroxylation sites is 1. The molecule has 0 radical (unpaired) electrons. The third-order valence-electron chi connectivity index (χ3n) is 4.01. The maximum Gasteiger partial charge on any atom is 0.125 e. The fraction of sp³-hybridized carbons (Fsp3) is 0.625. The Kier molecular flexibility index (Phi) is 4.38. The molecule has 1 unspecified atom stereocenters. The van der Waals surface area contributed by atoms with Crippen LogP contribution >= 0.6 is 11.8 Å². The fourth-order valence-corrected chi connectivity index (χ4v) is 4.03. The van der Waals surface area contributed by atoms with Crippen molar-refractivity contribution in [3.05, 3.63) is 30.3 Å². The van der Waals surface area contributed by atoms with Crippen LogP contribution in [0.5, 0.6) is 0 Å². The summed E-state index contributed by atoms with van der Waals surface area (Å²) >= 11 is 1.84. The van der Waals surface area contributed by atoms with Crippen LogP contribution in [0.3, 0.4) is 0 Å². The maximum atomic E-state index is 6.78. The van der Waals surface area contributed by atoms with E-state index in [0.717, 1.165) is 12.5 Å². The third-order valence-corrected chi connectivity index (χ3v) is 5.74. The van der Waals surface area contributed by atoms with Gasteiger partial charge >= 0.3 is 0 Å². The van der Waals surface area contributed by atoms with Crippen molar-refractivity contribution in [2.75, 3.05) is 17.4 Å². The highest BCUT2D eigenvalue weighted by molar-refractivity contribution is 8.00. The standard InChI is InChI=1S/C16H27N3S/c1-13(2)19-11-18(14-9-7-6-8-10-14)12-20-16(19,17)15(3,4)5/h6-10,13H,11-12,17H2,1-5H3. The van der Waals surface area contributed by atoms with Crippen molar-refractivity contribution in [2.24, 2.45) is 11.1 Å². The third kappa shape index (κ3) is 2.83. The van der Waals surface area contributed by atoms with Gasteiger partial charge in [0.15, 0.2) is 0 Å². The van der Waals surface area contributed by atoms with Gasteiger partial charge in [-0.1, -0.05) is 39.0 Å². The molecule has 0 saturated carbocycles. The number of nitrogens with two attached hydrogens (primary N) is 1. The fourth-order valence-electron chi connectivity index (χ4n) is 2.58. The van der Waals surface area contributed by atoms with Crippen LogP contribution in [0, 0.1) is 5.41 Å². The van der Waals surface area contributed by atoms with Gasteiger partial charge in [-0.05, 0) is 26.0 Å². The molecule has 2 N–H and O–H groups in total. The molecule has 4 heteroatoms. The van der Waals surface area contributed by atoms with Crippen molar-refractivity contribution in [3.8, 4) is 0 Å². The summed E-state index contributed by atoms with van der Waals surface area (Å²) < 4.78 is 0. The molecule has 1 aliphatic rings. The van der Waals surface area contributed by atoms with Crippen molar-refractivity contribution in [1.29, 1.82) is 0 Å². The molecule has 1 heterocycles. The Hall–Kier alpha value is -0.710. The summed E-state index contributed by atoms with van der Waals surface area (Å²) in [6.07, 6.45) is 0. The van der Waals surface area contributed by atoms with Crippen molar-refractivity contribution in [2.45, 2.75) is 45.7 Å². The van der Waals surface area contributed by atoms with Crippen LogP contribution in [-0.4, -0.2) is 28.5 Å². The number of thioether (sulfide) groups is 1.